The van der Waals surface area contributed by atoms with Crippen LogP contribution in [0.2, 0.25) is 0 Å². The van der Waals surface area contributed by atoms with Gasteiger partial charge in [0.1, 0.15) is 0 Å². The Morgan fingerprint density at radius 3 is 2.88 bits per heavy atom. The van der Waals surface area contributed by atoms with E-state index in [0.29, 0.717) is 19.3 Å². The molecule has 0 aliphatic heterocycles. The molecule has 0 aliphatic rings. The molecule has 1 aromatic rings. The Morgan fingerprint density at radius 2 is 2.25 bits per heavy atom. The van der Waals surface area contributed by atoms with Crippen LogP contribution in [0.15, 0.2) is 17.5 Å². The van der Waals surface area contributed by atoms with Gasteiger partial charge in [0.05, 0.1) is 19.8 Å². The van der Waals surface area contributed by atoms with Crippen molar-refractivity contribution >= 4 is 11.3 Å². The molecule has 4 heteroatoms. The van der Waals surface area contributed by atoms with Gasteiger partial charge >= 0.3 is 0 Å². The van der Waals surface area contributed by atoms with Gasteiger partial charge in [-0.3, -0.25) is 0 Å². The predicted octanol–water partition coefficient (Wildman–Crippen LogP) is 2.45. The van der Waals surface area contributed by atoms with Crippen LogP contribution >= 0.6 is 11.3 Å². The standard InChI is InChI=1S/C12H21NO2S/c1-3-11(12-5-4-10-16-12)13-6-7-15-9-8-14-2/h4-5,10-11,13H,3,6-9H2,1-2H3. The average molecular weight is 243 g/mol. The summed E-state index contributed by atoms with van der Waals surface area (Å²) in [7, 11) is 1.69. The lowest BCUT2D eigenvalue weighted by Crippen LogP contribution is -2.24. The fourth-order valence-corrected chi connectivity index (χ4v) is 2.37. The lowest BCUT2D eigenvalue weighted by atomic mass is 10.2. The van der Waals surface area contributed by atoms with Crippen LogP contribution in [0.25, 0.3) is 0 Å². The third-order valence-corrected chi connectivity index (χ3v) is 3.35. The smallest absolute Gasteiger partial charge is 0.0700 e. The molecular formula is C12H21NO2S. The fraction of sp³-hybridized carbons (Fsp3) is 0.667. The van der Waals surface area contributed by atoms with E-state index in [0.717, 1.165) is 19.6 Å². The molecule has 0 amide bonds. The summed E-state index contributed by atoms with van der Waals surface area (Å²) >= 11 is 1.80. The van der Waals surface area contributed by atoms with Gasteiger partial charge in [0.2, 0.25) is 0 Å². The lowest BCUT2D eigenvalue weighted by Gasteiger charge is -2.15. The van der Waals surface area contributed by atoms with Crippen LogP contribution in [-0.2, 0) is 9.47 Å². The van der Waals surface area contributed by atoms with E-state index in [9.17, 15) is 0 Å². The zero-order valence-electron chi connectivity index (χ0n) is 10.1. The van der Waals surface area contributed by atoms with Crippen LogP contribution in [-0.4, -0.2) is 33.5 Å². The molecule has 16 heavy (non-hydrogen) atoms. The third kappa shape index (κ3) is 5.07. The first-order chi connectivity index (χ1) is 7.88. The SMILES string of the molecule is CCC(NCCOCCOC)c1cccs1. The molecule has 0 aliphatic carbocycles. The number of rotatable bonds is 9. The highest BCUT2D eigenvalue weighted by molar-refractivity contribution is 7.10. The summed E-state index contributed by atoms with van der Waals surface area (Å²) in [5, 5.41) is 5.61. The summed E-state index contributed by atoms with van der Waals surface area (Å²) in [6, 6.07) is 4.74. The highest BCUT2D eigenvalue weighted by atomic mass is 32.1. The van der Waals surface area contributed by atoms with Crippen molar-refractivity contribution in [2.45, 2.75) is 19.4 Å². The summed E-state index contributed by atoms with van der Waals surface area (Å²) in [6.45, 7) is 5.17. The zero-order chi connectivity index (χ0) is 11.6. The Labute approximate surface area is 102 Å². The van der Waals surface area contributed by atoms with Crippen molar-refractivity contribution in [3.8, 4) is 0 Å². The highest BCUT2D eigenvalue weighted by Crippen LogP contribution is 2.21. The fourth-order valence-electron chi connectivity index (χ4n) is 1.49. The Bertz CT molecular complexity index is 252. The van der Waals surface area contributed by atoms with Crippen molar-refractivity contribution in [2.75, 3.05) is 33.5 Å². The van der Waals surface area contributed by atoms with Gasteiger partial charge in [-0.1, -0.05) is 13.0 Å². The topological polar surface area (TPSA) is 30.5 Å². The Kier molecular flexibility index (Phi) is 7.42. The monoisotopic (exact) mass is 243 g/mol. The summed E-state index contributed by atoms with van der Waals surface area (Å²) in [5.74, 6) is 0. The molecule has 0 saturated carbocycles. The summed E-state index contributed by atoms with van der Waals surface area (Å²) in [4.78, 5) is 1.40. The second-order valence-corrected chi connectivity index (χ2v) is 4.51. The number of hydrogen-bond acceptors (Lipinski definition) is 4. The second-order valence-electron chi connectivity index (χ2n) is 3.54. The number of hydrogen-bond donors (Lipinski definition) is 1. The van der Waals surface area contributed by atoms with Crippen LogP contribution in [0.5, 0.6) is 0 Å². The molecule has 0 radical (unpaired) electrons. The predicted molar refractivity (Wildman–Crippen MR) is 68.0 cm³/mol. The number of methoxy groups -OCH3 is 1. The van der Waals surface area contributed by atoms with Crippen LogP contribution < -0.4 is 5.32 Å². The van der Waals surface area contributed by atoms with Gasteiger partial charge < -0.3 is 14.8 Å². The van der Waals surface area contributed by atoms with Gasteiger partial charge in [-0.25, -0.2) is 0 Å². The molecule has 0 saturated heterocycles. The van der Waals surface area contributed by atoms with E-state index in [-0.39, 0.29) is 0 Å². The first-order valence-corrected chi connectivity index (χ1v) is 6.60. The van der Waals surface area contributed by atoms with Crippen molar-refractivity contribution in [3.05, 3.63) is 22.4 Å². The van der Waals surface area contributed by atoms with Gasteiger partial charge in [-0.2, -0.15) is 0 Å². The van der Waals surface area contributed by atoms with Gasteiger partial charge in [0.25, 0.3) is 0 Å². The molecule has 1 N–H and O–H groups in total. The molecule has 0 fully saturated rings. The lowest BCUT2D eigenvalue weighted by molar-refractivity contribution is 0.0710. The van der Waals surface area contributed by atoms with Crippen molar-refractivity contribution in [1.29, 1.82) is 0 Å². The van der Waals surface area contributed by atoms with E-state index in [2.05, 4.69) is 29.8 Å². The number of nitrogens with one attached hydrogen (secondary N) is 1. The Hall–Kier alpha value is -0.420. The maximum absolute atomic E-state index is 5.40. The Morgan fingerprint density at radius 1 is 1.38 bits per heavy atom. The molecule has 1 atom stereocenters. The number of ether oxygens (including phenoxy) is 2. The molecule has 1 rings (SSSR count). The largest absolute Gasteiger partial charge is 0.382 e. The molecule has 1 heterocycles. The zero-order valence-corrected chi connectivity index (χ0v) is 10.9. The first kappa shape index (κ1) is 13.6. The van der Waals surface area contributed by atoms with E-state index in [1.165, 1.54) is 4.88 Å². The molecule has 1 unspecified atom stereocenters. The molecule has 3 nitrogen and oxygen atoms in total. The van der Waals surface area contributed by atoms with Gasteiger partial charge in [0, 0.05) is 24.6 Å². The average Bonchev–Trinajstić information content (AvgIpc) is 2.82. The maximum atomic E-state index is 5.40. The molecule has 1 aromatic heterocycles. The van der Waals surface area contributed by atoms with Gasteiger partial charge in [0.15, 0.2) is 0 Å². The minimum Gasteiger partial charge on any atom is -0.382 e. The molecule has 0 bridgehead atoms. The first-order valence-electron chi connectivity index (χ1n) is 5.72. The maximum Gasteiger partial charge on any atom is 0.0700 e. The van der Waals surface area contributed by atoms with E-state index in [1.54, 1.807) is 18.4 Å². The van der Waals surface area contributed by atoms with Crippen LogP contribution in [0.4, 0.5) is 0 Å². The molecule has 0 spiro atoms. The van der Waals surface area contributed by atoms with E-state index in [4.69, 9.17) is 9.47 Å². The summed E-state index contributed by atoms with van der Waals surface area (Å²) in [6.07, 6.45) is 1.11. The van der Waals surface area contributed by atoms with Crippen molar-refractivity contribution in [1.82, 2.24) is 5.32 Å². The van der Waals surface area contributed by atoms with Crippen molar-refractivity contribution < 1.29 is 9.47 Å². The summed E-state index contributed by atoms with van der Waals surface area (Å²) < 4.78 is 10.3. The highest BCUT2D eigenvalue weighted by Gasteiger charge is 2.08. The minimum atomic E-state index is 0.464. The van der Waals surface area contributed by atoms with Crippen LogP contribution in [0, 0.1) is 0 Å². The van der Waals surface area contributed by atoms with Crippen LogP contribution in [0.1, 0.15) is 24.3 Å². The molecule has 92 valence electrons. The van der Waals surface area contributed by atoms with Gasteiger partial charge in [-0.05, 0) is 17.9 Å². The molecule has 0 aromatic carbocycles. The second kappa shape index (κ2) is 8.70. The van der Waals surface area contributed by atoms with Crippen LogP contribution in [0.3, 0.4) is 0 Å². The van der Waals surface area contributed by atoms with Crippen molar-refractivity contribution in [3.63, 3.8) is 0 Å². The Balaban J connectivity index is 2.11. The summed E-state index contributed by atoms with van der Waals surface area (Å²) in [5.41, 5.74) is 0. The minimum absolute atomic E-state index is 0.464. The number of thiophene rings is 1. The van der Waals surface area contributed by atoms with E-state index in [1.807, 2.05) is 0 Å². The molecular weight excluding hydrogens is 222 g/mol. The quantitative estimate of drug-likeness (QED) is 0.676. The van der Waals surface area contributed by atoms with E-state index < -0.39 is 0 Å². The third-order valence-electron chi connectivity index (χ3n) is 2.36. The van der Waals surface area contributed by atoms with E-state index >= 15 is 0 Å². The van der Waals surface area contributed by atoms with Gasteiger partial charge in [-0.15, -0.1) is 11.3 Å². The normalized spacial score (nSPS) is 12.9. The van der Waals surface area contributed by atoms with Crippen molar-refractivity contribution in [2.24, 2.45) is 0 Å².